The fourth-order valence-electron chi connectivity index (χ4n) is 4.23. The Bertz CT molecular complexity index is 540. The van der Waals surface area contributed by atoms with Crippen molar-refractivity contribution in [2.24, 2.45) is 5.41 Å². The van der Waals surface area contributed by atoms with Crippen LogP contribution in [-0.4, -0.2) is 37.7 Å². The number of benzene rings is 1. The lowest BCUT2D eigenvalue weighted by molar-refractivity contribution is 0.193. The first-order valence-corrected chi connectivity index (χ1v) is 8.91. The molecule has 2 fully saturated rings. The molecule has 3 heterocycles. The highest BCUT2D eigenvalue weighted by Gasteiger charge is 2.38. The summed E-state index contributed by atoms with van der Waals surface area (Å²) in [7, 11) is 0. The van der Waals surface area contributed by atoms with Crippen molar-refractivity contribution < 1.29 is 4.74 Å². The zero-order valence-corrected chi connectivity index (χ0v) is 14.0. The maximum Gasteiger partial charge on any atom is 0.127 e. The van der Waals surface area contributed by atoms with E-state index >= 15 is 0 Å². The lowest BCUT2D eigenvalue weighted by Crippen LogP contribution is -2.38. The highest BCUT2D eigenvalue weighted by Crippen LogP contribution is 2.40. The number of ether oxygens (including phenoxy) is 1. The second-order valence-electron chi connectivity index (χ2n) is 6.86. The Hall–Kier alpha value is -0.580. The van der Waals surface area contributed by atoms with E-state index in [1.165, 1.54) is 61.0 Å². The molecular weight excluding hydrogens is 328 g/mol. The van der Waals surface area contributed by atoms with Crippen LogP contribution in [0.5, 0.6) is 5.75 Å². The molecule has 0 amide bonds. The second kappa shape index (κ2) is 5.56. The van der Waals surface area contributed by atoms with E-state index in [4.69, 9.17) is 4.74 Å². The Kier molecular flexibility index (Phi) is 3.72. The van der Waals surface area contributed by atoms with Gasteiger partial charge in [0.2, 0.25) is 0 Å². The summed E-state index contributed by atoms with van der Waals surface area (Å²) in [5.41, 5.74) is 3.32. The van der Waals surface area contributed by atoms with Crippen LogP contribution < -0.4 is 10.1 Å². The molecular formula is C17H23BrN2O. The van der Waals surface area contributed by atoms with E-state index in [0.29, 0.717) is 5.41 Å². The molecule has 0 bridgehead atoms. The van der Waals surface area contributed by atoms with Crippen molar-refractivity contribution in [1.29, 1.82) is 0 Å². The Labute approximate surface area is 135 Å². The van der Waals surface area contributed by atoms with E-state index in [9.17, 15) is 0 Å². The van der Waals surface area contributed by atoms with Gasteiger partial charge in [0.05, 0.1) is 6.61 Å². The number of halogens is 1. The highest BCUT2D eigenvalue weighted by molar-refractivity contribution is 9.10. The predicted octanol–water partition coefficient (Wildman–Crippen LogP) is 2.96. The number of piperidine rings is 1. The number of rotatable bonds is 2. The van der Waals surface area contributed by atoms with Crippen molar-refractivity contribution in [3.63, 3.8) is 0 Å². The largest absolute Gasteiger partial charge is 0.493 e. The van der Waals surface area contributed by atoms with Crippen LogP contribution in [0.1, 0.15) is 30.4 Å². The van der Waals surface area contributed by atoms with Gasteiger partial charge in [-0.05, 0) is 62.0 Å². The summed E-state index contributed by atoms with van der Waals surface area (Å²) in [4.78, 5) is 2.63. The molecule has 0 radical (unpaired) electrons. The molecule has 1 aromatic rings. The van der Waals surface area contributed by atoms with Crippen LogP contribution >= 0.6 is 15.9 Å². The summed E-state index contributed by atoms with van der Waals surface area (Å²) in [6.45, 7) is 6.77. The molecule has 0 saturated carbocycles. The quantitative estimate of drug-likeness (QED) is 0.887. The van der Waals surface area contributed by atoms with Crippen molar-refractivity contribution in [2.75, 3.05) is 32.8 Å². The number of fused-ring (bicyclic) bond motifs is 1. The van der Waals surface area contributed by atoms with Gasteiger partial charge in [-0.25, -0.2) is 0 Å². The lowest BCUT2D eigenvalue weighted by Gasteiger charge is -2.34. The molecule has 1 aromatic carbocycles. The van der Waals surface area contributed by atoms with Crippen LogP contribution in [0.4, 0.5) is 0 Å². The number of nitrogens with one attached hydrogen (secondary N) is 1. The standard InChI is InChI=1S/C17H23BrN2O/c18-15-9-13-1-8-21-16(13)14(10-15)11-20-7-4-17(12-20)2-5-19-6-3-17/h9-10,19H,1-8,11-12H2. The van der Waals surface area contributed by atoms with E-state index in [1.54, 1.807) is 0 Å². The van der Waals surface area contributed by atoms with E-state index in [-0.39, 0.29) is 0 Å². The van der Waals surface area contributed by atoms with Gasteiger partial charge in [-0.2, -0.15) is 0 Å². The van der Waals surface area contributed by atoms with Gasteiger partial charge in [0, 0.05) is 29.5 Å². The molecule has 3 aliphatic rings. The van der Waals surface area contributed by atoms with E-state index in [1.807, 2.05) is 0 Å². The van der Waals surface area contributed by atoms with Gasteiger partial charge >= 0.3 is 0 Å². The van der Waals surface area contributed by atoms with Crippen LogP contribution in [0.3, 0.4) is 0 Å². The summed E-state index contributed by atoms with van der Waals surface area (Å²) in [6.07, 6.45) is 5.11. The van der Waals surface area contributed by atoms with Gasteiger partial charge in [-0.15, -0.1) is 0 Å². The van der Waals surface area contributed by atoms with Gasteiger partial charge in [0.25, 0.3) is 0 Å². The molecule has 1 N–H and O–H groups in total. The van der Waals surface area contributed by atoms with Crippen molar-refractivity contribution >= 4 is 15.9 Å². The van der Waals surface area contributed by atoms with Gasteiger partial charge < -0.3 is 10.1 Å². The summed E-state index contributed by atoms with van der Waals surface area (Å²) in [5.74, 6) is 1.16. The van der Waals surface area contributed by atoms with Crippen LogP contribution in [0.2, 0.25) is 0 Å². The van der Waals surface area contributed by atoms with Crippen molar-refractivity contribution in [1.82, 2.24) is 10.2 Å². The zero-order chi connectivity index (χ0) is 14.3. The number of hydrogen-bond acceptors (Lipinski definition) is 3. The number of likely N-dealkylation sites (tertiary alicyclic amines) is 1. The van der Waals surface area contributed by atoms with Crippen LogP contribution in [0.25, 0.3) is 0 Å². The molecule has 2 saturated heterocycles. The fraction of sp³-hybridized carbons (Fsp3) is 0.647. The van der Waals surface area contributed by atoms with E-state index in [0.717, 1.165) is 25.3 Å². The first-order valence-electron chi connectivity index (χ1n) is 8.11. The number of hydrogen-bond donors (Lipinski definition) is 1. The highest BCUT2D eigenvalue weighted by atomic mass is 79.9. The zero-order valence-electron chi connectivity index (χ0n) is 12.5. The SMILES string of the molecule is Brc1cc2c(c(CN3CCC4(CCNCC4)C3)c1)OCC2. The smallest absolute Gasteiger partial charge is 0.127 e. The van der Waals surface area contributed by atoms with Gasteiger partial charge in [-0.1, -0.05) is 15.9 Å². The van der Waals surface area contributed by atoms with Crippen LogP contribution in [-0.2, 0) is 13.0 Å². The van der Waals surface area contributed by atoms with Gasteiger partial charge in [0.15, 0.2) is 0 Å². The van der Waals surface area contributed by atoms with E-state index in [2.05, 4.69) is 38.3 Å². The molecule has 4 rings (SSSR count). The Morgan fingerprint density at radius 2 is 2.10 bits per heavy atom. The fourth-order valence-corrected chi connectivity index (χ4v) is 4.78. The Morgan fingerprint density at radius 3 is 2.95 bits per heavy atom. The monoisotopic (exact) mass is 350 g/mol. The third-order valence-corrected chi connectivity index (χ3v) is 5.86. The maximum absolute atomic E-state index is 5.87. The van der Waals surface area contributed by atoms with Crippen LogP contribution in [0.15, 0.2) is 16.6 Å². The van der Waals surface area contributed by atoms with Crippen molar-refractivity contribution in [3.05, 3.63) is 27.7 Å². The van der Waals surface area contributed by atoms with Crippen LogP contribution in [0, 0.1) is 5.41 Å². The van der Waals surface area contributed by atoms with Gasteiger partial charge in [-0.3, -0.25) is 4.90 Å². The minimum Gasteiger partial charge on any atom is -0.493 e. The minimum atomic E-state index is 0.585. The molecule has 3 nitrogen and oxygen atoms in total. The van der Waals surface area contributed by atoms with E-state index < -0.39 is 0 Å². The van der Waals surface area contributed by atoms with Gasteiger partial charge in [0.1, 0.15) is 5.75 Å². The molecule has 0 aliphatic carbocycles. The minimum absolute atomic E-state index is 0.585. The molecule has 0 aromatic heterocycles. The summed E-state index contributed by atoms with van der Waals surface area (Å²) in [6, 6.07) is 4.46. The first-order chi connectivity index (χ1) is 10.2. The Balaban J connectivity index is 1.50. The van der Waals surface area contributed by atoms with Crippen molar-refractivity contribution in [3.8, 4) is 5.75 Å². The third-order valence-electron chi connectivity index (χ3n) is 5.40. The molecule has 21 heavy (non-hydrogen) atoms. The normalized spacial score (nSPS) is 24.2. The molecule has 0 unspecified atom stereocenters. The molecule has 3 aliphatic heterocycles. The average molecular weight is 351 g/mol. The topological polar surface area (TPSA) is 24.5 Å². The Morgan fingerprint density at radius 1 is 1.24 bits per heavy atom. The second-order valence-corrected chi connectivity index (χ2v) is 7.78. The summed E-state index contributed by atoms with van der Waals surface area (Å²) >= 11 is 3.65. The summed E-state index contributed by atoms with van der Waals surface area (Å²) in [5, 5.41) is 3.50. The third kappa shape index (κ3) is 2.73. The molecule has 4 heteroatoms. The molecule has 0 atom stereocenters. The predicted molar refractivity (Wildman–Crippen MR) is 87.8 cm³/mol. The first kappa shape index (κ1) is 14.0. The number of nitrogens with zero attached hydrogens (tertiary/aromatic N) is 1. The lowest BCUT2D eigenvalue weighted by atomic mass is 9.78. The maximum atomic E-state index is 5.87. The molecule has 114 valence electrons. The summed E-state index contributed by atoms with van der Waals surface area (Å²) < 4.78 is 7.07. The molecule has 1 spiro atoms. The average Bonchev–Trinajstić information content (AvgIpc) is 3.07. The van der Waals surface area contributed by atoms with Crippen molar-refractivity contribution in [2.45, 2.75) is 32.2 Å².